The maximum Gasteiger partial charge on any atom is 0.433 e. The molecule has 26 heavy (non-hydrogen) atoms. The molecule has 0 aliphatic rings. The van der Waals surface area contributed by atoms with Gasteiger partial charge in [-0.25, -0.2) is 20.2 Å². The van der Waals surface area contributed by atoms with Gasteiger partial charge in [-0.05, 0) is 25.1 Å². The molecule has 0 fully saturated rings. The molecule has 2 heterocycles. The molecular formula is C15H16F3N5O3. The number of esters is 1. The van der Waals surface area contributed by atoms with Gasteiger partial charge in [0.2, 0.25) is 0 Å². The van der Waals surface area contributed by atoms with Gasteiger partial charge in [0.05, 0.1) is 12.1 Å². The van der Waals surface area contributed by atoms with Crippen molar-refractivity contribution in [2.45, 2.75) is 13.1 Å². The van der Waals surface area contributed by atoms with Gasteiger partial charge < -0.3 is 10.1 Å². The van der Waals surface area contributed by atoms with Crippen LogP contribution in [0.1, 0.15) is 12.6 Å². The quantitative estimate of drug-likeness (QED) is 0.615. The van der Waals surface area contributed by atoms with Crippen molar-refractivity contribution >= 4 is 28.7 Å². The highest BCUT2D eigenvalue weighted by Crippen LogP contribution is 2.30. The number of carbonyl (C=O) groups is 2. The number of hydrogen-bond acceptors (Lipinski definition) is 6. The van der Waals surface area contributed by atoms with Crippen LogP contribution in [0.3, 0.4) is 0 Å². The third-order valence-corrected chi connectivity index (χ3v) is 3.17. The SMILES string of the molecule is CCOC(=O)CNC(=O)NN(C)c1nccc2nc(C(F)(F)F)ccc12. The number of rotatable bonds is 5. The number of carbonyl (C=O) groups excluding carboxylic acids is 2. The number of ether oxygens (including phenoxy) is 1. The summed E-state index contributed by atoms with van der Waals surface area (Å²) in [5.74, 6) is -0.410. The van der Waals surface area contributed by atoms with Gasteiger partial charge in [0.15, 0.2) is 5.82 Å². The minimum absolute atomic E-state index is 0.0745. The molecule has 2 amide bonds. The van der Waals surface area contributed by atoms with Crippen LogP contribution >= 0.6 is 0 Å². The molecule has 2 N–H and O–H groups in total. The van der Waals surface area contributed by atoms with E-state index in [1.54, 1.807) is 6.92 Å². The van der Waals surface area contributed by atoms with Gasteiger partial charge in [-0.15, -0.1) is 0 Å². The number of fused-ring (bicyclic) bond motifs is 1. The van der Waals surface area contributed by atoms with Crippen molar-refractivity contribution in [3.05, 3.63) is 30.1 Å². The maximum atomic E-state index is 12.8. The van der Waals surface area contributed by atoms with Crippen LogP contribution in [0.4, 0.5) is 23.8 Å². The van der Waals surface area contributed by atoms with E-state index in [4.69, 9.17) is 0 Å². The van der Waals surface area contributed by atoms with Crippen molar-refractivity contribution in [3.8, 4) is 0 Å². The Morgan fingerprint density at radius 3 is 2.65 bits per heavy atom. The second-order valence-electron chi connectivity index (χ2n) is 5.05. The lowest BCUT2D eigenvalue weighted by Crippen LogP contribution is -2.47. The first-order chi connectivity index (χ1) is 12.2. The summed E-state index contributed by atoms with van der Waals surface area (Å²) in [5, 5.41) is 3.81. The second kappa shape index (κ2) is 7.85. The molecule has 0 saturated heterocycles. The number of amides is 2. The lowest BCUT2D eigenvalue weighted by Gasteiger charge is -2.20. The molecule has 0 atom stereocenters. The Morgan fingerprint density at radius 2 is 2.00 bits per heavy atom. The standard InChI is InChI=1S/C15H16F3N5O3/c1-3-26-12(24)8-20-14(25)22-23(2)13-9-4-5-11(15(16,17)18)21-10(9)6-7-19-13/h4-7H,3,8H2,1-2H3,(H2,20,22,25). The summed E-state index contributed by atoms with van der Waals surface area (Å²) in [6.45, 7) is 1.50. The Labute approximate surface area is 146 Å². The minimum atomic E-state index is -4.56. The summed E-state index contributed by atoms with van der Waals surface area (Å²) in [6, 6.07) is 2.69. The van der Waals surface area contributed by atoms with Gasteiger partial charge in [-0.2, -0.15) is 13.2 Å². The van der Waals surface area contributed by atoms with Gasteiger partial charge in [0.1, 0.15) is 12.2 Å². The summed E-state index contributed by atoms with van der Waals surface area (Å²) in [5.41, 5.74) is 1.44. The number of pyridine rings is 2. The van der Waals surface area contributed by atoms with Gasteiger partial charge in [0, 0.05) is 18.6 Å². The van der Waals surface area contributed by atoms with E-state index in [1.807, 2.05) is 0 Å². The molecule has 2 rings (SSSR count). The first-order valence-corrected chi connectivity index (χ1v) is 7.49. The average molecular weight is 371 g/mol. The Kier molecular flexibility index (Phi) is 5.80. The highest BCUT2D eigenvalue weighted by Gasteiger charge is 2.32. The van der Waals surface area contributed by atoms with Crippen LogP contribution in [-0.2, 0) is 15.7 Å². The van der Waals surface area contributed by atoms with Crippen molar-refractivity contribution in [2.24, 2.45) is 0 Å². The van der Waals surface area contributed by atoms with E-state index in [0.29, 0.717) is 5.39 Å². The lowest BCUT2D eigenvalue weighted by atomic mass is 10.2. The van der Waals surface area contributed by atoms with Crippen LogP contribution in [0.15, 0.2) is 24.4 Å². The van der Waals surface area contributed by atoms with E-state index in [0.717, 1.165) is 6.07 Å². The molecule has 0 aromatic carbocycles. The number of urea groups is 1. The highest BCUT2D eigenvalue weighted by molar-refractivity contribution is 5.90. The molecule has 11 heteroatoms. The predicted molar refractivity (Wildman–Crippen MR) is 86.1 cm³/mol. The summed E-state index contributed by atoms with van der Waals surface area (Å²) in [4.78, 5) is 30.6. The third-order valence-electron chi connectivity index (χ3n) is 3.17. The molecular weight excluding hydrogens is 355 g/mol. The summed E-state index contributed by atoms with van der Waals surface area (Å²) >= 11 is 0. The second-order valence-corrected chi connectivity index (χ2v) is 5.05. The van der Waals surface area contributed by atoms with E-state index in [2.05, 4.69) is 25.4 Å². The summed E-state index contributed by atoms with van der Waals surface area (Å²) in [7, 11) is 1.45. The summed E-state index contributed by atoms with van der Waals surface area (Å²) < 4.78 is 43.0. The molecule has 0 aliphatic carbocycles. The monoisotopic (exact) mass is 371 g/mol. The fourth-order valence-electron chi connectivity index (χ4n) is 2.07. The lowest BCUT2D eigenvalue weighted by molar-refractivity contribution is -0.142. The smallest absolute Gasteiger partial charge is 0.433 e. The van der Waals surface area contributed by atoms with Crippen molar-refractivity contribution in [1.29, 1.82) is 0 Å². The van der Waals surface area contributed by atoms with Crippen molar-refractivity contribution in [2.75, 3.05) is 25.2 Å². The number of hydrazine groups is 1. The first kappa shape index (κ1) is 19.2. The molecule has 8 nitrogen and oxygen atoms in total. The van der Waals surface area contributed by atoms with Crippen LogP contribution in [0, 0.1) is 0 Å². The van der Waals surface area contributed by atoms with E-state index in [9.17, 15) is 22.8 Å². The Balaban J connectivity index is 2.13. The zero-order chi connectivity index (χ0) is 19.3. The number of hydrogen-bond donors (Lipinski definition) is 2. The van der Waals surface area contributed by atoms with Gasteiger partial charge in [-0.1, -0.05) is 0 Å². The molecule has 0 bridgehead atoms. The maximum absolute atomic E-state index is 12.8. The van der Waals surface area contributed by atoms with Crippen LogP contribution in [0.2, 0.25) is 0 Å². The highest BCUT2D eigenvalue weighted by atomic mass is 19.4. The number of halogens is 3. The van der Waals surface area contributed by atoms with Crippen molar-refractivity contribution in [3.63, 3.8) is 0 Å². The topological polar surface area (TPSA) is 96.4 Å². The van der Waals surface area contributed by atoms with Crippen molar-refractivity contribution in [1.82, 2.24) is 20.7 Å². The number of nitrogens with zero attached hydrogens (tertiary/aromatic N) is 3. The molecule has 0 saturated carbocycles. The molecule has 2 aromatic heterocycles. The number of nitrogens with one attached hydrogen (secondary N) is 2. The van der Waals surface area contributed by atoms with Crippen LogP contribution in [-0.4, -0.2) is 42.2 Å². The predicted octanol–water partition coefficient (Wildman–Crippen LogP) is 1.86. The average Bonchev–Trinajstić information content (AvgIpc) is 2.58. The molecule has 0 aliphatic heterocycles. The van der Waals surface area contributed by atoms with E-state index >= 15 is 0 Å². The van der Waals surface area contributed by atoms with E-state index in [1.165, 1.54) is 30.4 Å². The van der Waals surface area contributed by atoms with E-state index < -0.39 is 23.9 Å². The molecule has 0 spiro atoms. The molecule has 140 valence electrons. The zero-order valence-electron chi connectivity index (χ0n) is 13.9. The third kappa shape index (κ3) is 4.71. The Bertz CT molecular complexity index is 813. The fourth-order valence-corrected chi connectivity index (χ4v) is 2.07. The number of aromatic nitrogens is 2. The van der Waals surface area contributed by atoms with Gasteiger partial charge in [0.25, 0.3) is 0 Å². The normalized spacial score (nSPS) is 11.1. The first-order valence-electron chi connectivity index (χ1n) is 7.49. The van der Waals surface area contributed by atoms with Gasteiger partial charge in [-0.3, -0.25) is 9.80 Å². The number of anilines is 1. The molecule has 0 unspecified atom stereocenters. The van der Waals surface area contributed by atoms with Crippen LogP contribution < -0.4 is 15.8 Å². The molecule has 2 aromatic rings. The summed E-state index contributed by atoms with van der Waals surface area (Å²) in [6.07, 6.45) is -3.28. The zero-order valence-corrected chi connectivity index (χ0v) is 13.9. The fraction of sp³-hybridized carbons (Fsp3) is 0.333. The van der Waals surface area contributed by atoms with Crippen LogP contribution in [0.5, 0.6) is 0 Å². The Hall–Kier alpha value is -3.11. The van der Waals surface area contributed by atoms with Crippen LogP contribution in [0.25, 0.3) is 10.9 Å². The van der Waals surface area contributed by atoms with E-state index in [-0.39, 0.29) is 24.5 Å². The Morgan fingerprint density at radius 1 is 1.27 bits per heavy atom. The largest absolute Gasteiger partial charge is 0.465 e. The molecule has 0 radical (unpaired) electrons. The van der Waals surface area contributed by atoms with Crippen molar-refractivity contribution < 1.29 is 27.5 Å². The van der Waals surface area contributed by atoms with Gasteiger partial charge >= 0.3 is 18.2 Å². The number of alkyl halides is 3. The minimum Gasteiger partial charge on any atom is -0.465 e.